The fourth-order valence-electron chi connectivity index (χ4n) is 3.57. The number of oxazole rings is 1. The quantitative estimate of drug-likeness (QED) is 0.604. The normalized spacial score (nSPS) is 15.6. The number of rotatable bonds is 7. The van der Waals surface area contributed by atoms with E-state index >= 15 is 0 Å². The van der Waals surface area contributed by atoms with Gasteiger partial charge in [0.1, 0.15) is 5.75 Å². The number of aromatic nitrogens is 1. The number of methoxy groups -OCH3 is 1. The number of hydrogen-bond acceptors (Lipinski definition) is 5. The van der Waals surface area contributed by atoms with Gasteiger partial charge in [-0.05, 0) is 18.9 Å². The van der Waals surface area contributed by atoms with Gasteiger partial charge in [0.2, 0.25) is 5.89 Å². The van der Waals surface area contributed by atoms with Gasteiger partial charge < -0.3 is 13.9 Å². The molecule has 5 heteroatoms. The second-order valence-electron chi connectivity index (χ2n) is 7.08. The van der Waals surface area contributed by atoms with Crippen LogP contribution in [0.2, 0.25) is 0 Å². The first-order valence-corrected chi connectivity index (χ1v) is 9.78. The lowest BCUT2D eigenvalue weighted by Crippen LogP contribution is -2.36. The van der Waals surface area contributed by atoms with Gasteiger partial charge in [0.25, 0.3) is 0 Å². The van der Waals surface area contributed by atoms with Crippen LogP contribution in [-0.4, -0.2) is 36.2 Å². The van der Waals surface area contributed by atoms with Gasteiger partial charge in [-0.15, -0.1) is 0 Å². The molecule has 1 fully saturated rings. The van der Waals surface area contributed by atoms with E-state index in [-0.39, 0.29) is 6.10 Å². The molecule has 4 rings (SSSR count). The molecule has 5 nitrogen and oxygen atoms in total. The molecular weight excluding hydrogens is 352 g/mol. The second-order valence-corrected chi connectivity index (χ2v) is 7.08. The van der Waals surface area contributed by atoms with E-state index in [4.69, 9.17) is 13.9 Å². The molecule has 0 saturated carbocycles. The van der Waals surface area contributed by atoms with Crippen LogP contribution in [0.4, 0.5) is 0 Å². The highest BCUT2D eigenvalue weighted by Crippen LogP contribution is 2.23. The maximum absolute atomic E-state index is 6.13. The van der Waals surface area contributed by atoms with Gasteiger partial charge >= 0.3 is 0 Å². The Balaban J connectivity index is 1.25. The fourth-order valence-corrected chi connectivity index (χ4v) is 3.57. The number of para-hydroxylation sites is 1. The summed E-state index contributed by atoms with van der Waals surface area (Å²) in [6.45, 7) is 3.31. The highest BCUT2D eigenvalue weighted by atomic mass is 16.5. The van der Waals surface area contributed by atoms with Crippen LogP contribution in [0, 0.1) is 0 Å². The minimum absolute atomic E-state index is 0.283. The van der Waals surface area contributed by atoms with Crippen LogP contribution in [-0.2, 0) is 17.9 Å². The van der Waals surface area contributed by atoms with E-state index in [9.17, 15) is 0 Å². The lowest BCUT2D eigenvalue weighted by Gasteiger charge is -2.31. The van der Waals surface area contributed by atoms with E-state index in [1.165, 1.54) is 0 Å². The van der Waals surface area contributed by atoms with Gasteiger partial charge in [-0.2, -0.15) is 0 Å². The Morgan fingerprint density at radius 1 is 1.04 bits per heavy atom. The highest BCUT2D eigenvalue weighted by Gasteiger charge is 2.21. The summed E-state index contributed by atoms with van der Waals surface area (Å²) < 4.78 is 17.5. The first-order valence-electron chi connectivity index (χ1n) is 9.78. The Morgan fingerprint density at radius 2 is 1.79 bits per heavy atom. The van der Waals surface area contributed by atoms with Gasteiger partial charge in [-0.1, -0.05) is 48.5 Å². The summed E-state index contributed by atoms with van der Waals surface area (Å²) >= 11 is 0. The molecular formula is C23H26N2O3. The highest BCUT2D eigenvalue weighted by molar-refractivity contribution is 5.55. The van der Waals surface area contributed by atoms with Crippen LogP contribution >= 0.6 is 0 Å². The third kappa shape index (κ3) is 4.61. The van der Waals surface area contributed by atoms with Crippen molar-refractivity contribution in [2.24, 2.45) is 0 Å². The molecule has 28 heavy (non-hydrogen) atoms. The van der Waals surface area contributed by atoms with Gasteiger partial charge in [0, 0.05) is 24.2 Å². The van der Waals surface area contributed by atoms with E-state index < -0.39 is 0 Å². The summed E-state index contributed by atoms with van der Waals surface area (Å²) in [5.41, 5.74) is 2.16. The summed E-state index contributed by atoms with van der Waals surface area (Å²) in [7, 11) is 1.70. The molecule has 146 valence electrons. The van der Waals surface area contributed by atoms with E-state index in [0.29, 0.717) is 6.61 Å². The molecule has 0 bridgehead atoms. The molecule has 1 aliphatic rings. The van der Waals surface area contributed by atoms with Crippen LogP contribution in [0.5, 0.6) is 5.75 Å². The molecule has 1 saturated heterocycles. The third-order valence-electron chi connectivity index (χ3n) is 5.17. The standard InChI is InChI=1S/C23H26N2O3/c1-26-21-10-6-5-9-19(21)17-27-20-11-13-25(14-12-20)16-23-24-15-22(28-23)18-7-3-2-4-8-18/h2-10,15,20H,11-14,16-17H2,1H3. The fraction of sp³-hybridized carbons (Fsp3) is 0.348. The Kier molecular flexibility index (Phi) is 6.04. The molecule has 1 aromatic heterocycles. The molecule has 3 aromatic rings. The molecule has 2 heterocycles. The minimum Gasteiger partial charge on any atom is -0.496 e. The molecule has 0 atom stereocenters. The van der Waals surface area contributed by atoms with Crippen LogP contribution in [0.15, 0.2) is 65.2 Å². The minimum atomic E-state index is 0.283. The number of hydrogen-bond donors (Lipinski definition) is 0. The Bertz CT molecular complexity index is 870. The molecule has 0 unspecified atom stereocenters. The van der Waals surface area contributed by atoms with Gasteiger partial charge in [0.05, 0.1) is 32.6 Å². The van der Waals surface area contributed by atoms with Crippen LogP contribution in [0.25, 0.3) is 11.3 Å². The molecule has 0 N–H and O–H groups in total. The maximum atomic E-state index is 6.13. The average molecular weight is 378 g/mol. The zero-order valence-corrected chi connectivity index (χ0v) is 16.2. The summed E-state index contributed by atoms with van der Waals surface area (Å²) in [6.07, 6.45) is 4.13. The van der Waals surface area contributed by atoms with Crippen molar-refractivity contribution >= 4 is 0 Å². The van der Waals surface area contributed by atoms with Crippen LogP contribution in [0.3, 0.4) is 0 Å². The van der Waals surface area contributed by atoms with Crippen molar-refractivity contribution in [3.05, 3.63) is 72.2 Å². The monoisotopic (exact) mass is 378 g/mol. The van der Waals surface area contributed by atoms with Crippen molar-refractivity contribution in [1.29, 1.82) is 0 Å². The predicted molar refractivity (Wildman–Crippen MR) is 108 cm³/mol. The number of benzene rings is 2. The topological polar surface area (TPSA) is 47.7 Å². The van der Waals surface area contributed by atoms with Crippen molar-refractivity contribution in [2.75, 3.05) is 20.2 Å². The lowest BCUT2D eigenvalue weighted by atomic mass is 10.1. The smallest absolute Gasteiger partial charge is 0.209 e. The number of likely N-dealkylation sites (tertiary alicyclic amines) is 1. The van der Waals surface area contributed by atoms with E-state index in [1.54, 1.807) is 7.11 Å². The first-order chi connectivity index (χ1) is 13.8. The summed E-state index contributed by atoms with van der Waals surface area (Å²) in [5.74, 6) is 2.48. The summed E-state index contributed by atoms with van der Waals surface area (Å²) in [5, 5.41) is 0. The molecule has 0 radical (unpaired) electrons. The van der Waals surface area contributed by atoms with Crippen LogP contribution < -0.4 is 4.74 Å². The second kappa shape index (κ2) is 9.04. The molecule has 1 aliphatic heterocycles. The molecule has 0 aliphatic carbocycles. The SMILES string of the molecule is COc1ccccc1COC1CCN(Cc2ncc(-c3ccccc3)o2)CC1. The maximum Gasteiger partial charge on any atom is 0.209 e. The van der Waals surface area contributed by atoms with E-state index in [1.807, 2.05) is 54.7 Å². The van der Waals surface area contributed by atoms with E-state index in [2.05, 4.69) is 16.0 Å². The third-order valence-corrected chi connectivity index (χ3v) is 5.17. The Hall–Kier alpha value is -2.63. The van der Waals surface area contributed by atoms with Crippen molar-refractivity contribution in [2.45, 2.75) is 32.1 Å². The van der Waals surface area contributed by atoms with Gasteiger partial charge in [0.15, 0.2) is 5.76 Å². The van der Waals surface area contributed by atoms with Gasteiger partial charge in [-0.3, -0.25) is 4.90 Å². The number of piperidine rings is 1. The van der Waals surface area contributed by atoms with Crippen molar-refractivity contribution in [3.63, 3.8) is 0 Å². The summed E-state index contributed by atoms with van der Waals surface area (Å²) in [6, 6.07) is 18.1. The molecule has 0 spiro atoms. The molecule has 0 amide bonds. The Labute approximate surface area is 165 Å². The number of ether oxygens (including phenoxy) is 2. The van der Waals surface area contributed by atoms with E-state index in [0.717, 1.165) is 61.0 Å². The predicted octanol–water partition coefficient (Wildman–Crippen LogP) is 4.53. The average Bonchev–Trinajstić information content (AvgIpc) is 3.22. The zero-order chi connectivity index (χ0) is 19.2. The van der Waals surface area contributed by atoms with Crippen molar-refractivity contribution in [1.82, 2.24) is 9.88 Å². The summed E-state index contributed by atoms with van der Waals surface area (Å²) in [4.78, 5) is 6.83. The van der Waals surface area contributed by atoms with Crippen molar-refractivity contribution < 1.29 is 13.9 Å². The number of nitrogens with zero attached hydrogens (tertiary/aromatic N) is 2. The lowest BCUT2D eigenvalue weighted by molar-refractivity contribution is -0.00585. The first kappa shape index (κ1) is 18.7. The Morgan fingerprint density at radius 3 is 2.57 bits per heavy atom. The largest absolute Gasteiger partial charge is 0.496 e. The zero-order valence-electron chi connectivity index (χ0n) is 16.2. The molecule has 2 aromatic carbocycles. The van der Waals surface area contributed by atoms with Crippen molar-refractivity contribution in [3.8, 4) is 17.1 Å². The van der Waals surface area contributed by atoms with Crippen LogP contribution in [0.1, 0.15) is 24.3 Å². The van der Waals surface area contributed by atoms with Gasteiger partial charge in [-0.25, -0.2) is 4.98 Å².